The number of unbranched alkanes of at least 4 members (excludes halogenated alkanes) is 10. The number of rotatable bonds is 32. The topological polar surface area (TPSA) is 151 Å². The molecule has 9 heteroatoms. The molecule has 8 atom stereocenters. The molecule has 2 saturated carbocycles. The molecule has 364 valence electrons. The molecule has 0 amide bonds. The predicted octanol–water partition coefficient (Wildman–Crippen LogP) is 12.5. The summed E-state index contributed by atoms with van der Waals surface area (Å²) in [7, 11) is 0. The van der Waals surface area contributed by atoms with Gasteiger partial charge in [0.1, 0.15) is 5.78 Å². The van der Waals surface area contributed by atoms with Crippen molar-refractivity contribution in [2.45, 2.75) is 260 Å². The molecule has 2 aliphatic carbocycles. The second kappa shape index (κ2) is 38.0. The van der Waals surface area contributed by atoms with Crippen LogP contribution in [0.5, 0.6) is 0 Å². The van der Waals surface area contributed by atoms with Crippen LogP contribution in [0.1, 0.15) is 223 Å². The molecule has 0 aromatic rings. The molecule has 2 aliphatic rings. The van der Waals surface area contributed by atoms with Crippen LogP contribution in [0.3, 0.4) is 0 Å². The first-order chi connectivity index (χ1) is 28.7. The predicted molar refractivity (Wildman–Crippen MR) is 258 cm³/mol. The van der Waals surface area contributed by atoms with E-state index in [2.05, 4.69) is 32.6 Å². The van der Waals surface area contributed by atoms with Crippen LogP contribution in [0.25, 0.3) is 0 Å². The molecule has 4 N–H and O–H groups in total. The van der Waals surface area contributed by atoms with Gasteiger partial charge in [-0.1, -0.05) is 117 Å². The molecule has 0 saturated heterocycles. The smallest absolute Gasteiger partial charge is 0.306 e. The molecule has 0 bridgehead atoms. The Morgan fingerprint density at radius 3 is 1.32 bits per heavy atom. The fraction of sp³-hybridized carbons (Fsp3) is 0.830. The Bertz CT molecular complexity index is 1120. The lowest BCUT2D eigenvalue weighted by molar-refractivity contribution is -0.148. The maximum atomic E-state index is 12.2. The Kier molecular flexibility index (Phi) is 37.8. The van der Waals surface area contributed by atoms with E-state index in [1.165, 1.54) is 56.9 Å². The van der Waals surface area contributed by atoms with E-state index in [9.17, 15) is 34.8 Å². The SMILES string of the molecule is C.C.C=C(CCCCCCC)CC[C@@H]1[C@@H](C/C=C\CCCC(=O)OC(C)C)[C@@H](O)C[C@H]1O.CCCCCCCC(=O)CC[C@@H]1[C@@H](C/C=C\CCCC(=O)OC(C)C)[C@@H](O)C[C@H]1O. The van der Waals surface area contributed by atoms with Gasteiger partial charge in [0, 0.05) is 25.7 Å². The lowest BCUT2D eigenvalue weighted by atomic mass is 9.85. The number of carbonyl (C=O) groups is 3. The summed E-state index contributed by atoms with van der Waals surface area (Å²) in [5.74, 6) is 0.208. The Morgan fingerprint density at radius 1 is 0.516 bits per heavy atom. The minimum atomic E-state index is -0.526. The standard InChI is InChI=1S/C26H46O4.C25H44O5.2CH4/c1-5-6-7-8-11-14-21(4)17-18-23-22(24(27)19-25(23)28)15-12-9-10-13-16-26(29)30-20(2)3;1-4-5-6-7-10-13-20(26)16-17-22-21(23(27)18-24(22)28)14-11-8-9-12-15-25(29)30-19(2)3;;/h9,12,20,22-25,27-28H,4-8,10-11,13-19H2,1-3H3;8,11,19,21-24,27-28H,4-7,9-10,12-18H2,1-3H3;2*1H4/b12-9-;11-8-;;/t22-,23-,24+,25-;21-,22-,23+,24-;;/m11../s1. The van der Waals surface area contributed by atoms with Gasteiger partial charge >= 0.3 is 11.9 Å². The molecule has 62 heavy (non-hydrogen) atoms. The van der Waals surface area contributed by atoms with Crippen molar-refractivity contribution >= 4 is 17.7 Å². The Hall–Kier alpha value is -2.33. The molecule has 0 aromatic carbocycles. The van der Waals surface area contributed by atoms with E-state index in [1.807, 2.05) is 39.8 Å². The number of ether oxygens (including phenoxy) is 2. The summed E-state index contributed by atoms with van der Waals surface area (Å²) in [6, 6.07) is 0. The third-order valence-electron chi connectivity index (χ3n) is 12.2. The molecular formula is C53H98O9. The average Bonchev–Trinajstić information content (AvgIpc) is 3.61. The van der Waals surface area contributed by atoms with Crippen molar-refractivity contribution in [1.82, 2.24) is 0 Å². The fourth-order valence-corrected chi connectivity index (χ4v) is 8.78. The van der Waals surface area contributed by atoms with Crippen LogP contribution in [0.15, 0.2) is 36.5 Å². The van der Waals surface area contributed by atoms with Crippen molar-refractivity contribution in [3.05, 3.63) is 36.5 Å². The molecular weight excluding hydrogens is 781 g/mol. The highest BCUT2D eigenvalue weighted by atomic mass is 16.5. The van der Waals surface area contributed by atoms with Gasteiger partial charge in [-0.05, 0) is 141 Å². The Morgan fingerprint density at radius 2 is 0.903 bits per heavy atom. The summed E-state index contributed by atoms with van der Waals surface area (Å²) >= 11 is 0. The highest BCUT2D eigenvalue weighted by Gasteiger charge is 2.41. The van der Waals surface area contributed by atoms with Crippen LogP contribution >= 0.6 is 0 Å². The van der Waals surface area contributed by atoms with Crippen LogP contribution in [0, 0.1) is 23.7 Å². The zero-order valence-electron chi connectivity index (χ0n) is 39.0. The molecule has 0 unspecified atom stereocenters. The van der Waals surface area contributed by atoms with Crippen LogP contribution in [-0.2, 0) is 23.9 Å². The maximum absolute atomic E-state index is 12.2. The zero-order valence-corrected chi connectivity index (χ0v) is 39.0. The number of aliphatic hydroxyl groups is 4. The van der Waals surface area contributed by atoms with Gasteiger partial charge in [-0.15, -0.1) is 0 Å². The molecule has 9 nitrogen and oxygen atoms in total. The Labute approximate surface area is 381 Å². The van der Waals surface area contributed by atoms with Crippen molar-refractivity contribution < 1.29 is 44.3 Å². The quantitative estimate of drug-likeness (QED) is 0.0294. The monoisotopic (exact) mass is 879 g/mol. The number of hydrogen-bond acceptors (Lipinski definition) is 9. The second-order valence-corrected chi connectivity index (χ2v) is 18.4. The summed E-state index contributed by atoms with van der Waals surface area (Å²) in [5, 5.41) is 41.5. The first-order valence-electron chi connectivity index (χ1n) is 24.3. The second-order valence-electron chi connectivity index (χ2n) is 18.4. The number of hydrogen-bond donors (Lipinski definition) is 4. The van der Waals surface area contributed by atoms with Gasteiger partial charge in [0.05, 0.1) is 36.6 Å². The minimum absolute atomic E-state index is 0. The first-order valence-corrected chi connectivity index (χ1v) is 24.3. The maximum Gasteiger partial charge on any atom is 0.306 e. The number of Topliss-reactive ketones (excluding diaryl/α,β-unsaturated/α-hetero) is 1. The number of allylic oxidation sites excluding steroid dienone is 5. The largest absolute Gasteiger partial charge is 0.463 e. The van der Waals surface area contributed by atoms with Gasteiger partial charge in [-0.3, -0.25) is 14.4 Å². The molecule has 0 radical (unpaired) electrons. The fourth-order valence-electron chi connectivity index (χ4n) is 8.78. The number of carbonyl (C=O) groups excluding carboxylic acids is 3. The normalized spacial score (nSPS) is 23.3. The molecule has 2 fully saturated rings. The van der Waals surface area contributed by atoms with Gasteiger partial charge in [-0.25, -0.2) is 0 Å². The molecule has 0 aromatic heterocycles. The van der Waals surface area contributed by atoms with Gasteiger partial charge in [-0.2, -0.15) is 0 Å². The van der Waals surface area contributed by atoms with E-state index in [4.69, 9.17) is 9.47 Å². The third-order valence-corrected chi connectivity index (χ3v) is 12.2. The third kappa shape index (κ3) is 29.2. The van der Waals surface area contributed by atoms with Crippen molar-refractivity contribution in [2.24, 2.45) is 23.7 Å². The number of esters is 2. The van der Waals surface area contributed by atoms with E-state index < -0.39 is 24.4 Å². The molecule has 0 spiro atoms. The summed E-state index contributed by atoms with van der Waals surface area (Å²) < 4.78 is 10.2. The molecule has 2 rings (SSSR count). The lowest BCUT2D eigenvalue weighted by Crippen LogP contribution is -2.22. The van der Waals surface area contributed by atoms with Gasteiger partial charge in [0.2, 0.25) is 0 Å². The summed E-state index contributed by atoms with van der Waals surface area (Å²) in [5.41, 5.74) is 1.28. The van der Waals surface area contributed by atoms with E-state index in [0.717, 1.165) is 64.2 Å². The Balaban J connectivity index is 0. The van der Waals surface area contributed by atoms with E-state index in [1.54, 1.807) is 0 Å². The average molecular weight is 879 g/mol. The van der Waals surface area contributed by atoms with E-state index in [-0.39, 0.29) is 68.5 Å². The highest BCUT2D eigenvalue weighted by molar-refractivity contribution is 5.78. The first kappa shape index (κ1) is 61.8. The van der Waals surface area contributed by atoms with Crippen LogP contribution in [0.4, 0.5) is 0 Å². The van der Waals surface area contributed by atoms with E-state index in [0.29, 0.717) is 51.4 Å². The number of ketones is 1. The lowest BCUT2D eigenvalue weighted by Gasteiger charge is -2.23. The van der Waals surface area contributed by atoms with Crippen molar-refractivity contribution in [2.75, 3.05) is 0 Å². The van der Waals surface area contributed by atoms with Crippen LogP contribution < -0.4 is 0 Å². The van der Waals surface area contributed by atoms with Gasteiger partial charge in [0.25, 0.3) is 0 Å². The van der Waals surface area contributed by atoms with Crippen molar-refractivity contribution in [3.8, 4) is 0 Å². The highest BCUT2D eigenvalue weighted by Crippen LogP contribution is 2.40. The number of aliphatic hydroxyl groups excluding tert-OH is 4. The van der Waals surface area contributed by atoms with Crippen molar-refractivity contribution in [3.63, 3.8) is 0 Å². The minimum Gasteiger partial charge on any atom is -0.463 e. The molecule has 0 aliphatic heterocycles. The van der Waals surface area contributed by atoms with Gasteiger partial charge in [0.15, 0.2) is 0 Å². The molecule has 0 heterocycles. The summed E-state index contributed by atoms with van der Waals surface area (Å²) in [6.07, 6.45) is 29.5. The van der Waals surface area contributed by atoms with Crippen molar-refractivity contribution in [1.29, 1.82) is 0 Å². The summed E-state index contributed by atoms with van der Waals surface area (Å²) in [6.45, 7) is 16.1. The van der Waals surface area contributed by atoms with Gasteiger partial charge < -0.3 is 29.9 Å². The van der Waals surface area contributed by atoms with E-state index >= 15 is 0 Å². The summed E-state index contributed by atoms with van der Waals surface area (Å²) in [4.78, 5) is 35.2. The zero-order chi connectivity index (χ0) is 44.7. The van der Waals surface area contributed by atoms with Crippen LogP contribution in [-0.4, -0.2) is 74.8 Å². The van der Waals surface area contributed by atoms with Crippen LogP contribution in [0.2, 0.25) is 0 Å².